The van der Waals surface area contributed by atoms with E-state index in [1.54, 1.807) is 0 Å². The molecule has 0 saturated heterocycles. The predicted molar refractivity (Wildman–Crippen MR) is 94.4 cm³/mol. The molecule has 0 N–H and O–H groups in total. The fourth-order valence-corrected chi connectivity index (χ4v) is 3.08. The molecule has 3 aromatic rings. The van der Waals surface area contributed by atoms with Gasteiger partial charge in [-0.3, -0.25) is 0 Å². The summed E-state index contributed by atoms with van der Waals surface area (Å²) in [5, 5.41) is 2.40. The van der Waals surface area contributed by atoms with Crippen LogP contribution in [0.2, 0.25) is 0 Å². The number of nitrogens with zero attached hydrogens (tertiary/aromatic N) is 1. The third-order valence-electron chi connectivity index (χ3n) is 4.15. The highest BCUT2D eigenvalue weighted by Gasteiger charge is 2.10. The Balaban J connectivity index is 2.11. The monoisotopic (exact) mass is 271 g/mol. The van der Waals surface area contributed by atoms with Crippen LogP contribution in [0.3, 0.4) is 0 Å². The lowest BCUT2D eigenvalue weighted by Gasteiger charge is -2.07. The fourth-order valence-electron chi connectivity index (χ4n) is 3.08. The van der Waals surface area contributed by atoms with E-state index in [0.717, 1.165) is 17.5 Å². The summed E-state index contributed by atoms with van der Waals surface area (Å²) in [5.74, 6) is 0. The van der Waals surface area contributed by atoms with Gasteiger partial charge in [0.25, 0.3) is 0 Å². The van der Waals surface area contributed by atoms with E-state index in [1.807, 2.05) is 12.1 Å². The Morgan fingerprint density at radius 1 is 0.810 bits per heavy atom. The highest BCUT2D eigenvalue weighted by Crippen LogP contribution is 2.28. The zero-order valence-electron chi connectivity index (χ0n) is 12.6. The second-order valence-electron chi connectivity index (χ2n) is 5.77. The van der Waals surface area contributed by atoms with E-state index in [1.165, 1.54) is 47.5 Å². The van der Waals surface area contributed by atoms with Gasteiger partial charge in [-0.25, -0.2) is 0 Å². The molecule has 3 heteroatoms. The Hall–Kier alpha value is -1.63. The molecule has 0 unspecified atom stereocenters. The zero-order chi connectivity index (χ0) is 14.8. The maximum atomic E-state index is 5.96. The van der Waals surface area contributed by atoms with Crippen LogP contribution in [0.1, 0.15) is 32.6 Å². The van der Waals surface area contributed by atoms with Crippen LogP contribution in [0.25, 0.3) is 21.8 Å². The largest absolute Gasteiger partial charge is 0.340 e. The molecule has 3 rings (SSSR count). The third-order valence-corrected chi connectivity index (χ3v) is 4.15. The molecule has 1 nitrogen and oxygen atoms in total. The van der Waals surface area contributed by atoms with Gasteiger partial charge < -0.3 is 4.57 Å². The van der Waals surface area contributed by atoms with E-state index < -0.39 is 0 Å². The first-order chi connectivity index (χ1) is 10.2. The highest BCUT2D eigenvalue weighted by atomic mass is 15.0. The Morgan fingerprint density at radius 2 is 1.38 bits per heavy atom. The SMILES string of the molecule is [B]c1ccc2c(c1)c1cc([B])ccc1n2CCCCCC. The lowest BCUT2D eigenvalue weighted by atomic mass is 9.92. The summed E-state index contributed by atoms with van der Waals surface area (Å²) in [6, 6.07) is 12.3. The average Bonchev–Trinajstić information content (AvgIpc) is 2.77. The van der Waals surface area contributed by atoms with Crippen molar-refractivity contribution in [1.82, 2.24) is 4.57 Å². The first-order valence-corrected chi connectivity index (χ1v) is 7.77. The summed E-state index contributed by atoms with van der Waals surface area (Å²) >= 11 is 0. The fraction of sp³-hybridized carbons (Fsp3) is 0.333. The van der Waals surface area contributed by atoms with Crippen LogP contribution >= 0.6 is 0 Å². The number of aryl methyl sites for hydroxylation is 1. The van der Waals surface area contributed by atoms with Gasteiger partial charge in [0, 0.05) is 28.4 Å². The molecule has 0 atom stereocenters. The minimum Gasteiger partial charge on any atom is -0.340 e. The van der Waals surface area contributed by atoms with Crippen LogP contribution in [-0.4, -0.2) is 20.3 Å². The van der Waals surface area contributed by atoms with Crippen molar-refractivity contribution in [1.29, 1.82) is 0 Å². The Bertz CT molecular complexity index is 714. The molecule has 0 aliphatic heterocycles. The zero-order valence-corrected chi connectivity index (χ0v) is 12.6. The number of aromatic nitrogens is 1. The van der Waals surface area contributed by atoms with Crippen molar-refractivity contribution >= 4 is 48.4 Å². The van der Waals surface area contributed by atoms with Gasteiger partial charge in [-0.05, 0) is 18.6 Å². The summed E-state index contributed by atoms with van der Waals surface area (Å²) in [6.45, 7) is 3.29. The van der Waals surface area contributed by atoms with Crippen LogP contribution in [0.4, 0.5) is 0 Å². The lowest BCUT2D eigenvalue weighted by Crippen LogP contribution is -2.02. The van der Waals surface area contributed by atoms with Gasteiger partial charge in [0.2, 0.25) is 0 Å². The smallest absolute Gasteiger partial charge is 0.113 e. The molecule has 0 saturated carbocycles. The van der Waals surface area contributed by atoms with Crippen molar-refractivity contribution in [2.45, 2.75) is 39.2 Å². The Kier molecular flexibility index (Phi) is 4.10. The molecule has 0 fully saturated rings. The topological polar surface area (TPSA) is 4.93 Å². The van der Waals surface area contributed by atoms with E-state index in [0.29, 0.717) is 0 Å². The first-order valence-electron chi connectivity index (χ1n) is 7.77. The number of benzene rings is 2. The lowest BCUT2D eigenvalue weighted by molar-refractivity contribution is 0.602. The first kappa shape index (κ1) is 14.3. The Labute approximate surface area is 129 Å². The second kappa shape index (κ2) is 6.01. The molecule has 0 amide bonds. The molecule has 0 aliphatic rings. The van der Waals surface area contributed by atoms with Gasteiger partial charge in [0.1, 0.15) is 15.7 Å². The van der Waals surface area contributed by atoms with Crippen molar-refractivity contribution in [2.24, 2.45) is 0 Å². The predicted octanol–water partition coefficient (Wildman–Crippen LogP) is 2.96. The van der Waals surface area contributed by atoms with Gasteiger partial charge in [0.15, 0.2) is 0 Å². The van der Waals surface area contributed by atoms with Crippen LogP contribution < -0.4 is 10.9 Å². The van der Waals surface area contributed by atoms with Crippen molar-refractivity contribution in [3.63, 3.8) is 0 Å². The minimum absolute atomic E-state index is 0.801. The van der Waals surface area contributed by atoms with Gasteiger partial charge >= 0.3 is 0 Å². The maximum Gasteiger partial charge on any atom is 0.113 e. The van der Waals surface area contributed by atoms with Gasteiger partial charge in [-0.15, -0.1) is 0 Å². The second-order valence-corrected chi connectivity index (χ2v) is 5.77. The molecule has 0 aliphatic carbocycles. The molecule has 1 aromatic heterocycles. The van der Waals surface area contributed by atoms with E-state index in [4.69, 9.17) is 15.7 Å². The van der Waals surface area contributed by atoms with Crippen LogP contribution in [0, 0.1) is 0 Å². The van der Waals surface area contributed by atoms with Gasteiger partial charge in [-0.1, -0.05) is 61.4 Å². The van der Waals surface area contributed by atoms with Crippen molar-refractivity contribution in [2.75, 3.05) is 0 Å². The molecule has 0 spiro atoms. The molecule has 4 radical (unpaired) electrons. The normalized spacial score (nSPS) is 11.5. The molecule has 2 aromatic carbocycles. The molecule has 0 bridgehead atoms. The third kappa shape index (κ3) is 2.74. The number of fused-ring (bicyclic) bond motifs is 3. The number of rotatable bonds is 5. The van der Waals surface area contributed by atoms with E-state index in [2.05, 4.69) is 35.8 Å². The summed E-state index contributed by atoms with van der Waals surface area (Å²) in [5.41, 5.74) is 4.10. The van der Waals surface area contributed by atoms with E-state index >= 15 is 0 Å². The van der Waals surface area contributed by atoms with Gasteiger partial charge in [-0.2, -0.15) is 0 Å². The van der Waals surface area contributed by atoms with Crippen LogP contribution in [0.15, 0.2) is 36.4 Å². The van der Waals surface area contributed by atoms with Crippen molar-refractivity contribution < 1.29 is 0 Å². The van der Waals surface area contributed by atoms with E-state index in [-0.39, 0.29) is 0 Å². The number of unbranched alkanes of at least 4 members (excludes halogenated alkanes) is 3. The molecular weight excluding hydrogens is 252 g/mol. The molecular formula is C18H19B2N. The molecule has 102 valence electrons. The molecule has 21 heavy (non-hydrogen) atoms. The van der Waals surface area contributed by atoms with Gasteiger partial charge in [0.05, 0.1) is 0 Å². The van der Waals surface area contributed by atoms with Crippen molar-refractivity contribution in [3.8, 4) is 0 Å². The Morgan fingerprint density at radius 3 is 1.90 bits per heavy atom. The summed E-state index contributed by atoms with van der Waals surface area (Å²) in [7, 11) is 11.9. The highest BCUT2D eigenvalue weighted by molar-refractivity contribution is 6.35. The average molecular weight is 271 g/mol. The maximum absolute atomic E-state index is 5.96. The number of hydrogen-bond acceptors (Lipinski definition) is 0. The number of hydrogen-bond donors (Lipinski definition) is 0. The van der Waals surface area contributed by atoms with Crippen LogP contribution in [-0.2, 0) is 6.54 Å². The van der Waals surface area contributed by atoms with Crippen molar-refractivity contribution in [3.05, 3.63) is 36.4 Å². The summed E-state index contributed by atoms with van der Waals surface area (Å²) in [4.78, 5) is 0. The summed E-state index contributed by atoms with van der Waals surface area (Å²) in [6.07, 6.45) is 5.06. The quantitative estimate of drug-likeness (QED) is 0.496. The van der Waals surface area contributed by atoms with E-state index in [9.17, 15) is 0 Å². The standard InChI is InChI=1S/C18H19B2N/c1-2-3-4-5-10-21-17-8-6-13(19)11-15(17)16-12-14(20)7-9-18(16)21/h6-9,11-12H,2-5,10H2,1H3. The summed E-state index contributed by atoms with van der Waals surface area (Å²) < 4.78 is 2.40. The minimum atomic E-state index is 0.801. The molecule has 1 heterocycles. The van der Waals surface area contributed by atoms with Crippen LogP contribution in [0.5, 0.6) is 0 Å².